The number of nitrogens with one attached hydrogen (secondary N) is 1. The zero-order valence-electron chi connectivity index (χ0n) is 17.5. The van der Waals surface area contributed by atoms with Crippen LogP contribution in [-0.2, 0) is 31.4 Å². The van der Waals surface area contributed by atoms with Gasteiger partial charge in [0.2, 0.25) is 5.91 Å². The third-order valence-electron chi connectivity index (χ3n) is 5.78. The van der Waals surface area contributed by atoms with E-state index in [4.69, 9.17) is 0 Å². The fourth-order valence-electron chi connectivity index (χ4n) is 3.81. The van der Waals surface area contributed by atoms with Crippen LogP contribution in [0.3, 0.4) is 0 Å². The second-order valence-corrected chi connectivity index (χ2v) is 7.58. The van der Waals surface area contributed by atoms with Gasteiger partial charge in [-0.1, -0.05) is 31.2 Å². The quantitative estimate of drug-likeness (QED) is 0.803. The van der Waals surface area contributed by atoms with Gasteiger partial charge in [0.25, 0.3) is 5.56 Å². The maximum absolute atomic E-state index is 12.6. The monoisotopic (exact) mass is 398 g/mol. The number of anilines is 1. The van der Waals surface area contributed by atoms with Gasteiger partial charge in [0.05, 0.1) is 0 Å². The number of hydrogen-bond donors (Lipinski definition) is 1. The van der Waals surface area contributed by atoms with E-state index >= 15 is 0 Å². The molecule has 7 heteroatoms. The van der Waals surface area contributed by atoms with Crippen molar-refractivity contribution >= 4 is 11.7 Å². The minimum atomic E-state index is -0.302. The Morgan fingerprint density at radius 1 is 1.07 bits per heavy atom. The Balaban J connectivity index is 1.59. The lowest BCUT2D eigenvalue weighted by Crippen LogP contribution is -2.45. The lowest BCUT2D eigenvalue weighted by Gasteiger charge is -2.34. The van der Waals surface area contributed by atoms with Crippen LogP contribution < -0.4 is 21.5 Å². The Morgan fingerprint density at radius 2 is 1.69 bits per heavy atom. The van der Waals surface area contributed by atoms with Crippen LogP contribution in [0.1, 0.15) is 37.8 Å². The summed E-state index contributed by atoms with van der Waals surface area (Å²) in [5.41, 5.74) is 1.78. The molecule has 2 aromatic rings. The van der Waals surface area contributed by atoms with Crippen LogP contribution in [0.4, 0.5) is 5.82 Å². The predicted octanol–water partition coefficient (Wildman–Crippen LogP) is 1.66. The fourth-order valence-corrected chi connectivity index (χ4v) is 3.81. The van der Waals surface area contributed by atoms with Crippen molar-refractivity contribution in [3.8, 4) is 0 Å². The summed E-state index contributed by atoms with van der Waals surface area (Å²) >= 11 is 0. The molecule has 156 valence electrons. The zero-order valence-corrected chi connectivity index (χ0v) is 17.5. The predicted molar refractivity (Wildman–Crippen MR) is 114 cm³/mol. The number of aromatic nitrogens is 2. The van der Waals surface area contributed by atoms with Crippen molar-refractivity contribution in [1.29, 1.82) is 0 Å². The number of amides is 1. The zero-order chi connectivity index (χ0) is 21.0. The number of nitrogens with zero attached hydrogens (tertiary/aromatic N) is 3. The molecule has 0 bridgehead atoms. The summed E-state index contributed by atoms with van der Waals surface area (Å²) in [7, 11) is 1.49. The third-order valence-corrected chi connectivity index (χ3v) is 5.78. The van der Waals surface area contributed by atoms with Crippen molar-refractivity contribution < 1.29 is 4.79 Å². The minimum absolute atomic E-state index is 0.0468. The van der Waals surface area contributed by atoms with Crippen molar-refractivity contribution in [2.45, 2.75) is 46.2 Å². The summed E-state index contributed by atoms with van der Waals surface area (Å²) < 4.78 is 2.74. The lowest BCUT2D eigenvalue weighted by atomic mass is 9.95. The van der Waals surface area contributed by atoms with Gasteiger partial charge in [0.15, 0.2) is 0 Å². The van der Waals surface area contributed by atoms with Gasteiger partial charge in [-0.25, -0.2) is 4.79 Å². The van der Waals surface area contributed by atoms with E-state index in [1.807, 2.05) is 11.8 Å². The second-order valence-electron chi connectivity index (χ2n) is 7.58. The van der Waals surface area contributed by atoms with E-state index in [2.05, 4.69) is 36.5 Å². The Bertz CT molecular complexity index is 967. The topological polar surface area (TPSA) is 76.3 Å². The molecule has 1 aromatic heterocycles. The molecule has 1 aromatic carbocycles. The van der Waals surface area contributed by atoms with Crippen molar-refractivity contribution in [3.63, 3.8) is 0 Å². The van der Waals surface area contributed by atoms with Crippen LogP contribution in [0.5, 0.6) is 0 Å². The average molecular weight is 399 g/mol. The Hall–Kier alpha value is -2.83. The molecular formula is C22H30N4O3. The van der Waals surface area contributed by atoms with E-state index < -0.39 is 0 Å². The van der Waals surface area contributed by atoms with E-state index in [1.165, 1.54) is 18.7 Å². The molecule has 1 fully saturated rings. The molecule has 0 atom stereocenters. The highest BCUT2D eigenvalue weighted by molar-refractivity contribution is 5.79. The summed E-state index contributed by atoms with van der Waals surface area (Å²) in [5, 5.41) is 3.04. The summed E-state index contributed by atoms with van der Waals surface area (Å²) in [4.78, 5) is 39.0. The van der Waals surface area contributed by atoms with Crippen LogP contribution >= 0.6 is 0 Å². The number of carbonyl (C=O) groups is 1. The Kier molecular flexibility index (Phi) is 6.56. The average Bonchev–Trinajstić information content (AvgIpc) is 2.76. The standard InChI is InChI=1S/C22H30N4O3/c1-4-16-6-8-17(9-7-16)15-23-21(28)18-10-12-25(13-11-18)19-14-20(27)24(3)22(29)26(19)5-2/h6-9,14,18H,4-5,10-13,15H2,1-3H3,(H,23,28). The van der Waals surface area contributed by atoms with Crippen LogP contribution in [0.15, 0.2) is 39.9 Å². The minimum Gasteiger partial charge on any atom is -0.358 e. The van der Waals surface area contributed by atoms with Gasteiger partial charge >= 0.3 is 5.69 Å². The molecule has 1 aliphatic heterocycles. The van der Waals surface area contributed by atoms with Gasteiger partial charge in [-0.2, -0.15) is 0 Å². The van der Waals surface area contributed by atoms with Crippen LogP contribution in [0.2, 0.25) is 0 Å². The lowest BCUT2D eigenvalue weighted by molar-refractivity contribution is -0.125. The molecule has 0 saturated carbocycles. The number of benzene rings is 1. The summed E-state index contributed by atoms with van der Waals surface area (Å²) in [6.07, 6.45) is 2.41. The Morgan fingerprint density at radius 3 is 2.28 bits per heavy atom. The molecule has 1 saturated heterocycles. The number of aryl methyl sites for hydroxylation is 1. The maximum atomic E-state index is 12.6. The first-order valence-electron chi connectivity index (χ1n) is 10.4. The number of carbonyl (C=O) groups excluding carboxylic acids is 1. The molecule has 0 unspecified atom stereocenters. The van der Waals surface area contributed by atoms with Crippen molar-refractivity contribution in [3.05, 3.63) is 62.3 Å². The SMILES string of the molecule is CCc1ccc(CNC(=O)C2CCN(c3cc(=O)n(C)c(=O)n3CC)CC2)cc1. The molecule has 3 rings (SSSR count). The van der Waals surface area contributed by atoms with E-state index in [1.54, 1.807) is 4.57 Å². The van der Waals surface area contributed by atoms with Gasteiger partial charge in [-0.15, -0.1) is 0 Å². The van der Waals surface area contributed by atoms with Crippen LogP contribution in [-0.4, -0.2) is 28.1 Å². The van der Waals surface area contributed by atoms with E-state index in [-0.39, 0.29) is 23.1 Å². The van der Waals surface area contributed by atoms with E-state index in [0.717, 1.165) is 16.6 Å². The molecular weight excluding hydrogens is 368 g/mol. The van der Waals surface area contributed by atoms with Crippen LogP contribution in [0.25, 0.3) is 0 Å². The van der Waals surface area contributed by atoms with Crippen molar-refractivity contribution in [1.82, 2.24) is 14.5 Å². The highest BCUT2D eigenvalue weighted by atomic mass is 16.2. The van der Waals surface area contributed by atoms with Gasteiger partial charge in [-0.3, -0.25) is 18.7 Å². The second kappa shape index (κ2) is 9.11. The maximum Gasteiger partial charge on any atom is 0.332 e. The molecule has 2 heterocycles. The first kappa shape index (κ1) is 20.9. The van der Waals surface area contributed by atoms with Crippen LogP contribution in [0, 0.1) is 5.92 Å². The largest absolute Gasteiger partial charge is 0.358 e. The number of piperidine rings is 1. The molecule has 1 N–H and O–H groups in total. The molecule has 0 radical (unpaired) electrons. The van der Waals surface area contributed by atoms with Crippen molar-refractivity contribution in [2.75, 3.05) is 18.0 Å². The molecule has 0 spiro atoms. The van der Waals surface area contributed by atoms with Gasteiger partial charge in [0.1, 0.15) is 5.82 Å². The summed E-state index contributed by atoms with van der Waals surface area (Å²) in [6, 6.07) is 9.82. The highest BCUT2D eigenvalue weighted by Gasteiger charge is 2.26. The van der Waals surface area contributed by atoms with Crippen molar-refractivity contribution in [2.24, 2.45) is 13.0 Å². The van der Waals surface area contributed by atoms with Gasteiger partial charge < -0.3 is 10.2 Å². The molecule has 7 nitrogen and oxygen atoms in total. The molecule has 1 amide bonds. The molecule has 1 aliphatic rings. The molecule has 29 heavy (non-hydrogen) atoms. The number of hydrogen-bond acceptors (Lipinski definition) is 4. The Labute approximate surface area is 171 Å². The first-order chi connectivity index (χ1) is 13.9. The first-order valence-corrected chi connectivity index (χ1v) is 10.4. The van der Waals surface area contributed by atoms with E-state index in [0.29, 0.717) is 44.8 Å². The number of rotatable bonds is 6. The highest BCUT2D eigenvalue weighted by Crippen LogP contribution is 2.22. The third kappa shape index (κ3) is 4.60. The summed E-state index contributed by atoms with van der Waals surface area (Å²) in [6.45, 7) is 6.34. The summed E-state index contributed by atoms with van der Waals surface area (Å²) in [5.74, 6) is 0.672. The van der Waals surface area contributed by atoms with Gasteiger partial charge in [0, 0.05) is 45.2 Å². The normalized spacial score (nSPS) is 14.8. The smallest absolute Gasteiger partial charge is 0.332 e. The molecule has 0 aliphatic carbocycles. The fraction of sp³-hybridized carbons (Fsp3) is 0.500. The van der Waals surface area contributed by atoms with Gasteiger partial charge in [-0.05, 0) is 37.3 Å². The van der Waals surface area contributed by atoms with E-state index in [9.17, 15) is 14.4 Å².